The van der Waals surface area contributed by atoms with Crippen LogP contribution in [0.2, 0.25) is 0 Å². The Bertz CT molecular complexity index is 440. The predicted molar refractivity (Wildman–Crippen MR) is 64.4 cm³/mol. The van der Waals surface area contributed by atoms with Gasteiger partial charge in [-0.15, -0.1) is 0 Å². The summed E-state index contributed by atoms with van der Waals surface area (Å²) in [6.07, 6.45) is 0.854. The second kappa shape index (κ2) is 5.69. The molecule has 1 heterocycles. The highest BCUT2D eigenvalue weighted by Gasteiger charge is 2.31. The van der Waals surface area contributed by atoms with Crippen molar-refractivity contribution in [3.8, 4) is 11.5 Å². The summed E-state index contributed by atoms with van der Waals surface area (Å²) < 4.78 is 48.5. The summed E-state index contributed by atoms with van der Waals surface area (Å²) in [6.45, 7) is 0.248. The van der Waals surface area contributed by atoms with Crippen LogP contribution in [0.25, 0.3) is 0 Å². The van der Waals surface area contributed by atoms with Gasteiger partial charge in [0.25, 0.3) is 0 Å². The number of benzene rings is 1. The number of rotatable bonds is 6. The number of ether oxygens (including phenoxy) is 2. The Morgan fingerprint density at radius 3 is 2.74 bits per heavy atom. The SMILES string of the molecule is CCC(Cc1ccc2c(c1)OCO2)NC(F)(F)CF. The standard InChI is InChI=1S/C13H16F3NO2/c1-2-10(17-13(15,16)7-14)5-9-3-4-11-12(6-9)19-8-18-11/h3-4,6,10,17H,2,5,7-8H2,1H3. The molecule has 0 bridgehead atoms. The van der Waals surface area contributed by atoms with E-state index in [1.54, 1.807) is 25.1 Å². The van der Waals surface area contributed by atoms with E-state index in [1.807, 2.05) is 5.32 Å². The van der Waals surface area contributed by atoms with Crippen LogP contribution in [0.3, 0.4) is 0 Å². The first-order valence-electron chi connectivity index (χ1n) is 6.14. The summed E-state index contributed by atoms with van der Waals surface area (Å²) in [5, 5.41) is 2.03. The number of hydrogen-bond donors (Lipinski definition) is 1. The number of hydrogen-bond acceptors (Lipinski definition) is 3. The van der Waals surface area contributed by atoms with E-state index >= 15 is 0 Å². The first-order chi connectivity index (χ1) is 9.04. The van der Waals surface area contributed by atoms with E-state index in [0.717, 1.165) is 5.56 Å². The molecule has 0 aromatic heterocycles. The maximum Gasteiger partial charge on any atom is 0.330 e. The molecule has 0 spiro atoms. The maximum absolute atomic E-state index is 13.0. The van der Waals surface area contributed by atoms with Crippen molar-refractivity contribution in [1.82, 2.24) is 5.32 Å². The topological polar surface area (TPSA) is 30.5 Å². The van der Waals surface area contributed by atoms with Gasteiger partial charge in [0.1, 0.15) is 0 Å². The van der Waals surface area contributed by atoms with Crippen LogP contribution in [0.5, 0.6) is 11.5 Å². The van der Waals surface area contributed by atoms with Gasteiger partial charge in [0.2, 0.25) is 6.79 Å². The van der Waals surface area contributed by atoms with Crippen LogP contribution in [0.1, 0.15) is 18.9 Å². The van der Waals surface area contributed by atoms with Crippen LogP contribution in [0.4, 0.5) is 13.2 Å². The molecule has 1 aliphatic heterocycles. The second-order valence-corrected chi connectivity index (χ2v) is 4.48. The van der Waals surface area contributed by atoms with E-state index in [-0.39, 0.29) is 6.79 Å². The third-order valence-electron chi connectivity index (χ3n) is 3.00. The molecule has 106 valence electrons. The van der Waals surface area contributed by atoms with E-state index in [4.69, 9.17) is 9.47 Å². The van der Waals surface area contributed by atoms with E-state index < -0.39 is 18.8 Å². The molecule has 2 rings (SSSR count). The first-order valence-corrected chi connectivity index (χ1v) is 6.14. The third-order valence-corrected chi connectivity index (χ3v) is 3.00. The Morgan fingerprint density at radius 2 is 2.05 bits per heavy atom. The molecule has 0 fully saturated rings. The average Bonchev–Trinajstić information content (AvgIpc) is 2.85. The molecule has 1 atom stereocenters. The summed E-state index contributed by atoms with van der Waals surface area (Å²) in [5.41, 5.74) is 0.846. The molecule has 3 nitrogen and oxygen atoms in total. The lowest BCUT2D eigenvalue weighted by atomic mass is 10.0. The van der Waals surface area contributed by atoms with Crippen LogP contribution in [-0.2, 0) is 6.42 Å². The molecule has 1 aromatic carbocycles. The van der Waals surface area contributed by atoms with Gasteiger partial charge in [-0.1, -0.05) is 13.0 Å². The number of nitrogens with one attached hydrogen (secondary N) is 1. The lowest BCUT2D eigenvalue weighted by molar-refractivity contribution is -0.0645. The molecule has 1 aromatic rings. The Balaban J connectivity index is 2.02. The monoisotopic (exact) mass is 275 g/mol. The Morgan fingerprint density at radius 1 is 1.32 bits per heavy atom. The van der Waals surface area contributed by atoms with Crippen LogP contribution in [0, 0.1) is 0 Å². The average molecular weight is 275 g/mol. The predicted octanol–water partition coefficient (Wildman–Crippen LogP) is 2.89. The molecule has 1 aliphatic rings. The number of halogens is 3. The van der Waals surface area contributed by atoms with Gasteiger partial charge in [-0.3, -0.25) is 5.32 Å². The van der Waals surface area contributed by atoms with Crippen LogP contribution in [0.15, 0.2) is 18.2 Å². The molecule has 0 aliphatic carbocycles. The number of fused-ring (bicyclic) bond motifs is 1. The minimum Gasteiger partial charge on any atom is -0.454 e. The van der Waals surface area contributed by atoms with Crippen molar-refractivity contribution in [3.63, 3.8) is 0 Å². The van der Waals surface area contributed by atoms with Crippen LogP contribution < -0.4 is 14.8 Å². The largest absolute Gasteiger partial charge is 0.454 e. The van der Waals surface area contributed by atoms with E-state index in [2.05, 4.69) is 0 Å². The van der Waals surface area contributed by atoms with Crippen LogP contribution >= 0.6 is 0 Å². The highest BCUT2D eigenvalue weighted by atomic mass is 19.3. The van der Waals surface area contributed by atoms with Crippen molar-refractivity contribution >= 4 is 0 Å². The lowest BCUT2D eigenvalue weighted by Gasteiger charge is -2.22. The Kier molecular flexibility index (Phi) is 4.19. The van der Waals surface area contributed by atoms with Gasteiger partial charge in [-0.2, -0.15) is 8.78 Å². The molecule has 1 N–H and O–H groups in total. The van der Waals surface area contributed by atoms with Gasteiger partial charge in [-0.05, 0) is 30.5 Å². The molecule has 0 saturated carbocycles. The van der Waals surface area contributed by atoms with Crippen LogP contribution in [-0.4, -0.2) is 25.6 Å². The first kappa shape index (κ1) is 14.0. The van der Waals surface area contributed by atoms with Gasteiger partial charge in [-0.25, -0.2) is 4.39 Å². The molecular weight excluding hydrogens is 259 g/mol. The van der Waals surface area contributed by atoms with Crippen molar-refractivity contribution in [3.05, 3.63) is 23.8 Å². The van der Waals surface area contributed by atoms with Crippen molar-refractivity contribution < 1.29 is 22.6 Å². The highest BCUT2D eigenvalue weighted by Crippen LogP contribution is 2.33. The molecule has 0 radical (unpaired) electrons. The summed E-state index contributed by atoms with van der Waals surface area (Å²) in [4.78, 5) is 0. The summed E-state index contributed by atoms with van der Waals surface area (Å²) in [7, 11) is 0. The van der Waals surface area contributed by atoms with Gasteiger partial charge in [0.15, 0.2) is 18.2 Å². The molecule has 0 saturated heterocycles. The van der Waals surface area contributed by atoms with Crippen molar-refractivity contribution in [2.24, 2.45) is 0 Å². The minimum atomic E-state index is -3.48. The zero-order valence-electron chi connectivity index (χ0n) is 10.6. The molecule has 19 heavy (non-hydrogen) atoms. The molecule has 0 amide bonds. The van der Waals surface area contributed by atoms with E-state index in [0.29, 0.717) is 24.3 Å². The number of alkyl halides is 3. The minimum absolute atomic E-state index is 0.175. The smallest absolute Gasteiger partial charge is 0.330 e. The summed E-state index contributed by atoms with van der Waals surface area (Å²) in [5.74, 6) is 1.27. The molecular formula is C13H16F3NO2. The zero-order chi connectivity index (χ0) is 13.9. The molecule has 6 heteroatoms. The fourth-order valence-electron chi connectivity index (χ4n) is 1.99. The van der Waals surface area contributed by atoms with Crippen molar-refractivity contribution in [1.29, 1.82) is 0 Å². The summed E-state index contributed by atoms with van der Waals surface area (Å²) >= 11 is 0. The lowest BCUT2D eigenvalue weighted by Crippen LogP contribution is -2.46. The fraction of sp³-hybridized carbons (Fsp3) is 0.538. The van der Waals surface area contributed by atoms with Gasteiger partial charge in [0, 0.05) is 6.04 Å². The quantitative estimate of drug-likeness (QED) is 0.810. The van der Waals surface area contributed by atoms with Gasteiger partial charge in [0.05, 0.1) is 0 Å². The van der Waals surface area contributed by atoms with E-state index in [1.165, 1.54) is 0 Å². The fourth-order valence-corrected chi connectivity index (χ4v) is 1.99. The van der Waals surface area contributed by atoms with Crippen molar-refractivity contribution in [2.75, 3.05) is 13.5 Å². The maximum atomic E-state index is 13.0. The normalized spacial score (nSPS) is 15.6. The van der Waals surface area contributed by atoms with Gasteiger partial charge >= 0.3 is 6.05 Å². The van der Waals surface area contributed by atoms with E-state index in [9.17, 15) is 13.2 Å². The third kappa shape index (κ3) is 3.53. The zero-order valence-corrected chi connectivity index (χ0v) is 10.6. The Hall–Kier alpha value is -1.43. The molecule has 1 unspecified atom stereocenters. The van der Waals surface area contributed by atoms with Gasteiger partial charge < -0.3 is 9.47 Å². The highest BCUT2D eigenvalue weighted by molar-refractivity contribution is 5.44. The second-order valence-electron chi connectivity index (χ2n) is 4.48. The Labute approximate surface area is 109 Å². The van der Waals surface area contributed by atoms with Crippen molar-refractivity contribution in [2.45, 2.75) is 31.9 Å². The summed E-state index contributed by atoms with van der Waals surface area (Å²) in [6, 6.07) is 1.34.